The molecule has 2 N–H and O–H groups in total. The van der Waals surface area contributed by atoms with Crippen LogP contribution in [0.4, 0.5) is 0 Å². The van der Waals surface area contributed by atoms with Crippen LogP contribution in [0.25, 0.3) is 0 Å². The summed E-state index contributed by atoms with van der Waals surface area (Å²) in [6.45, 7) is 0. The lowest BCUT2D eigenvalue weighted by molar-refractivity contribution is -0.107. The molecule has 0 radical (unpaired) electrons. The summed E-state index contributed by atoms with van der Waals surface area (Å²) < 4.78 is 9.93. The van der Waals surface area contributed by atoms with E-state index < -0.39 is 12.8 Å². The SMILES string of the molecule is O=C(Cl)C=CP(=O)(O)O. The monoisotopic (exact) mass is 170 g/mol. The van der Waals surface area contributed by atoms with Gasteiger partial charge in [-0.2, -0.15) is 0 Å². The molecule has 0 heterocycles. The van der Waals surface area contributed by atoms with Gasteiger partial charge in [0.15, 0.2) is 0 Å². The Bertz CT molecular complexity index is 180. The van der Waals surface area contributed by atoms with Gasteiger partial charge in [-0.3, -0.25) is 9.36 Å². The quantitative estimate of drug-likeness (QED) is 0.358. The highest BCUT2D eigenvalue weighted by Crippen LogP contribution is 2.35. The smallest absolute Gasteiger partial charge is 0.321 e. The van der Waals surface area contributed by atoms with Crippen LogP contribution in [0.3, 0.4) is 0 Å². The molecule has 0 aromatic carbocycles. The van der Waals surface area contributed by atoms with Crippen LogP contribution >= 0.6 is 19.2 Å². The second-order valence-electron chi connectivity index (χ2n) is 1.21. The number of carbonyl (C=O) groups is 1. The van der Waals surface area contributed by atoms with E-state index in [-0.39, 0.29) is 0 Å². The van der Waals surface area contributed by atoms with Crippen molar-refractivity contribution >= 4 is 24.4 Å². The van der Waals surface area contributed by atoms with Gasteiger partial charge in [0.05, 0.1) is 0 Å². The van der Waals surface area contributed by atoms with Gasteiger partial charge in [-0.1, -0.05) is 0 Å². The van der Waals surface area contributed by atoms with Crippen LogP contribution in [-0.2, 0) is 9.36 Å². The minimum Gasteiger partial charge on any atom is -0.321 e. The molecule has 0 aliphatic rings. The summed E-state index contributed by atoms with van der Waals surface area (Å²) in [6.07, 6.45) is 0.613. The lowest BCUT2D eigenvalue weighted by Crippen LogP contribution is -1.75. The average molecular weight is 170 g/mol. The average Bonchev–Trinajstić information content (AvgIpc) is 1.59. The molecule has 0 aromatic heterocycles. The van der Waals surface area contributed by atoms with E-state index in [0.29, 0.717) is 11.9 Å². The predicted molar refractivity (Wildman–Crippen MR) is 32.0 cm³/mol. The van der Waals surface area contributed by atoms with Crippen LogP contribution in [0.1, 0.15) is 0 Å². The van der Waals surface area contributed by atoms with Crippen molar-refractivity contribution < 1.29 is 19.1 Å². The number of halogens is 1. The van der Waals surface area contributed by atoms with Crippen LogP contribution in [-0.4, -0.2) is 15.0 Å². The molecule has 0 unspecified atom stereocenters. The van der Waals surface area contributed by atoms with Crippen molar-refractivity contribution in [3.05, 3.63) is 11.9 Å². The Morgan fingerprint density at radius 2 is 2.00 bits per heavy atom. The Labute approximate surface area is 56.3 Å². The first-order valence-corrected chi connectivity index (χ1v) is 3.92. The van der Waals surface area contributed by atoms with Gasteiger partial charge in [0.1, 0.15) is 0 Å². The van der Waals surface area contributed by atoms with Gasteiger partial charge in [0, 0.05) is 11.9 Å². The van der Waals surface area contributed by atoms with Crippen molar-refractivity contribution in [1.29, 1.82) is 0 Å². The molecule has 0 saturated carbocycles. The van der Waals surface area contributed by atoms with Crippen molar-refractivity contribution in [1.82, 2.24) is 0 Å². The molecule has 0 aromatic rings. The Morgan fingerprint density at radius 1 is 1.56 bits per heavy atom. The van der Waals surface area contributed by atoms with E-state index in [1.165, 1.54) is 0 Å². The normalized spacial score (nSPS) is 12.3. The molecular weight excluding hydrogens is 166 g/mol. The van der Waals surface area contributed by atoms with Gasteiger partial charge in [-0.05, 0) is 11.6 Å². The summed E-state index contributed by atoms with van der Waals surface area (Å²) in [5.41, 5.74) is 0. The maximum Gasteiger partial charge on any atom is 0.349 e. The van der Waals surface area contributed by atoms with Gasteiger partial charge in [0.25, 0.3) is 0 Å². The molecule has 0 bridgehead atoms. The molecule has 0 spiro atoms. The Kier molecular flexibility index (Phi) is 3.08. The van der Waals surface area contributed by atoms with Crippen LogP contribution in [0.2, 0.25) is 0 Å². The highest BCUT2D eigenvalue weighted by Gasteiger charge is 2.05. The van der Waals surface area contributed by atoms with Gasteiger partial charge < -0.3 is 9.79 Å². The van der Waals surface area contributed by atoms with E-state index in [1.807, 2.05) is 0 Å². The predicted octanol–water partition coefficient (Wildman–Crippen LogP) is 0.443. The second kappa shape index (κ2) is 3.13. The molecule has 9 heavy (non-hydrogen) atoms. The maximum atomic E-state index is 9.93. The topological polar surface area (TPSA) is 74.6 Å². The van der Waals surface area contributed by atoms with Crippen LogP contribution in [0, 0.1) is 0 Å². The molecular formula is C3H4ClO4P. The first-order valence-electron chi connectivity index (χ1n) is 1.86. The fourth-order valence-corrected chi connectivity index (χ4v) is 0.636. The third-order valence-corrected chi connectivity index (χ3v) is 1.06. The Hall–Kier alpha value is -0.150. The van der Waals surface area contributed by atoms with Crippen molar-refractivity contribution in [3.8, 4) is 0 Å². The Morgan fingerprint density at radius 3 is 2.11 bits per heavy atom. The van der Waals surface area contributed by atoms with Crippen LogP contribution in [0.15, 0.2) is 11.9 Å². The first kappa shape index (κ1) is 8.85. The molecule has 6 heteroatoms. The fourth-order valence-electron chi connectivity index (χ4n) is 0.156. The molecule has 0 aliphatic heterocycles. The number of allylic oxidation sites excluding steroid dienone is 1. The first-order chi connectivity index (χ1) is 3.92. The van der Waals surface area contributed by atoms with Crippen molar-refractivity contribution in [3.63, 3.8) is 0 Å². The highest BCUT2D eigenvalue weighted by molar-refractivity contribution is 7.55. The fraction of sp³-hybridized carbons (Fsp3) is 0. The number of hydrogen-bond donors (Lipinski definition) is 2. The zero-order valence-electron chi connectivity index (χ0n) is 4.19. The van der Waals surface area contributed by atoms with E-state index in [4.69, 9.17) is 21.4 Å². The maximum absolute atomic E-state index is 9.93. The molecule has 0 saturated heterocycles. The third kappa shape index (κ3) is 7.85. The van der Waals surface area contributed by atoms with Crippen molar-refractivity contribution in [2.24, 2.45) is 0 Å². The second-order valence-corrected chi connectivity index (χ2v) is 3.06. The number of rotatable bonds is 2. The van der Waals surface area contributed by atoms with E-state index in [1.54, 1.807) is 0 Å². The molecule has 0 aliphatic carbocycles. The minimum atomic E-state index is -4.21. The molecule has 52 valence electrons. The van der Waals surface area contributed by atoms with E-state index in [0.717, 1.165) is 0 Å². The summed E-state index contributed by atoms with van der Waals surface area (Å²) in [5.74, 6) is 0.447. The lowest BCUT2D eigenvalue weighted by Gasteiger charge is -1.90. The Balaban J connectivity index is 4.02. The number of carbonyl (C=O) groups excluding carboxylic acids is 1. The van der Waals surface area contributed by atoms with Gasteiger partial charge in [-0.15, -0.1) is 0 Å². The third-order valence-electron chi connectivity index (χ3n) is 0.400. The molecule has 0 fully saturated rings. The van der Waals surface area contributed by atoms with Crippen LogP contribution < -0.4 is 0 Å². The van der Waals surface area contributed by atoms with Crippen molar-refractivity contribution in [2.45, 2.75) is 0 Å². The summed E-state index contributed by atoms with van der Waals surface area (Å²) in [7, 11) is -4.21. The van der Waals surface area contributed by atoms with Gasteiger partial charge in [0.2, 0.25) is 5.24 Å². The zero-order valence-corrected chi connectivity index (χ0v) is 5.84. The van der Waals surface area contributed by atoms with Crippen molar-refractivity contribution in [2.75, 3.05) is 0 Å². The summed E-state index contributed by atoms with van der Waals surface area (Å²) in [6, 6.07) is 0. The summed E-state index contributed by atoms with van der Waals surface area (Å²) in [4.78, 5) is 26.0. The minimum absolute atomic E-state index is 0.447. The van der Waals surface area contributed by atoms with E-state index in [9.17, 15) is 9.36 Å². The lowest BCUT2D eigenvalue weighted by atomic mass is 10.7. The van der Waals surface area contributed by atoms with Gasteiger partial charge in [-0.25, -0.2) is 0 Å². The summed E-state index contributed by atoms with van der Waals surface area (Å²) >= 11 is 4.71. The highest BCUT2D eigenvalue weighted by atomic mass is 35.5. The van der Waals surface area contributed by atoms with E-state index >= 15 is 0 Å². The van der Waals surface area contributed by atoms with E-state index in [2.05, 4.69) is 0 Å². The number of hydrogen-bond acceptors (Lipinski definition) is 2. The largest absolute Gasteiger partial charge is 0.349 e. The van der Waals surface area contributed by atoms with Crippen LogP contribution in [0.5, 0.6) is 0 Å². The molecule has 0 rings (SSSR count). The molecule has 4 nitrogen and oxygen atoms in total. The zero-order chi connectivity index (χ0) is 7.49. The standard InChI is InChI=1S/C3H4ClO4P/c4-3(5)1-2-9(6,7)8/h1-2H,(H2,6,7,8). The molecule has 0 atom stereocenters. The van der Waals surface area contributed by atoms with Gasteiger partial charge >= 0.3 is 7.60 Å². The summed E-state index contributed by atoms with van der Waals surface area (Å²) in [5, 5.41) is -0.904. The molecule has 0 amide bonds.